The molecule has 0 aliphatic rings. The molecule has 0 saturated carbocycles. The lowest BCUT2D eigenvalue weighted by Crippen LogP contribution is -2.27. The lowest BCUT2D eigenvalue weighted by molar-refractivity contribution is -0.384. The highest BCUT2D eigenvalue weighted by molar-refractivity contribution is 7.89. The first-order valence-corrected chi connectivity index (χ1v) is 12.5. The first-order valence-electron chi connectivity index (χ1n) is 10.2. The first-order chi connectivity index (χ1) is 16.2. The number of hydrogen-bond donors (Lipinski definition) is 2. The quantitative estimate of drug-likeness (QED) is 0.273. The second-order valence-electron chi connectivity index (χ2n) is 7.51. The zero-order chi connectivity index (χ0) is 24.3. The van der Waals surface area contributed by atoms with Crippen LogP contribution in [0.2, 0.25) is 0 Å². The molecule has 0 atom stereocenters. The monoisotopic (exact) mass is 496 g/mol. The number of carbonyl (C=O) groups excluding carboxylic acids is 1. The number of benzene rings is 3. The minimum absolute atomic E-state index is 0.0782. The molecule has 0 fully saturated rings. The number of rotatable bonds is 8. The predicted octanol–water partition coefficient (Wildman–Crippen LogP) is 4.49. The van der Waals surface area contributed by atoms with Crippen molar-refractivity contribution < 1.29 is 18.1 Å². The second-order valence-corrected chi connectivity index (χ2v) is 10.3. The number of hydrogen-bond acceptors (Lipinski definition) is 7. The number of nitro groups is 1. The number of anilines is 1. The highest BCUT2D eigenvalue weighted by atomic mass is 32.2. The van der Waals surface area contributed by atoms with Crippen molar-refractivity contribution in [3.05, 3.63) is 82.4 Å². The molecule has 1 aromatic heterocycles. The van der Waals surface area contributed by atoms with Crippen LogP contribution in [0.5, 0.6) is 0 Å². The summed E-state index contributed by atoms with van der Waals surface area (Å²) in [6.45, 7) is 1.92. The summed E-state index contributed by atoms with van der Waals surface area (Å²) in [7, 11) is -3.88. The molecule has 3 aromatic carbocycles. The van der Waals surface area contributed by atoms with Gasteiger partial charge in [0.25, 0.3) is 5.69 Å². The molecule has 0 radical (unpaired) electrons. The van der Waals surface area contributed by atoms with Gasteiger partial charge in [-0.1, -0.05) is 6.07 Å². The van der Waals surface area contributed by atoms with Crippen LogP contribution < -0.4 is 10.0 Å². The van der Waals surface area contributed by atoms with Gasteiger partial charge in [-0.25, -0.2) is 18.1 Å². The lowest BCUT2D eigenvalue weighted by atomic mass is 10.2. The fourth-order valence-corrected chi connectivity index (χ4v) is 5.31. The Morgan fingerprint density at radius 1 is 1.06 bits per heavy atom. The van der Waals surface area contributed by atoms with Crippen LogP contribution in [0.3, 0.4) is 0 Å². The molecule has 9 nitrogen and oxygen atoms in total. The van der Waals surface area contributed by atoms with Crippen LogP contribution >= 0.6 is 11.3 Å². The van der Waals surface area contributed by atoms with Crippen molar-refractivity contribution in [2.75, 3.05) is 11.9 Å². The van der Waals surface area contributed by atoms with Crippen molar-refractivity contribution in [1.29, 1.82) is 0 Å². The Bertz CT molecular complexity index is 1460. The normalized spacial score (nSPS) is 11.4. The Labute approximate surface area is 199 Å². The molecule has 2 N–H and O–H groups in total. The van der Waals surface area contributed by atoms with Gasteiger partial charge < -0.3 is 5.32 Å². The third-order valence-electron chi connectivity index (χ3n) is 4.96. The Hall–Kier alpha value is -3.67. The molecule has 174 valence electrons. The number of nitrogens with one attached hydrogen (secondary N) is 2. The maximum Gasteiger partial charge on any atom is 0.269 e. The maximum absolute atomic E-state index is 12.3. The van der Waals surface area contributed by atoms with Crippen LogP contribution in [0.25, 0.3) is 20.8 Å². The van der Waals surface area contributed by atoms with Gasteiger partial charge in [0, 0.05) is 36.3 Å². The summed E-state index contributed by atoms with van der Waals surface area (Å²) < 4.78 is 28.0. The SMILES string of the molecule is Cc1ccc2nc(-c3ccc(NC(=O)CCNS(=O)(=O)c4ccc([N+](=O)[O-])cc4)cc3)sc2c1. The van der Waals surface area contributed by atoms with Crippen LogP contribution in [0.15, 0.2) is 71.6 Å². The molecular formula is C23H20N4O5S2. The van der Waals surface area contributed by atoms with Gasteiger partial charge in [-0.2, -0.15) is 0 Å². The van der Waals surface area contributed by atoms with E-state index in [9.17, 15) is 23.3 Å². The summed E-state index contributed by atoms with van der Waals surface area (Å²) >= 11 is 1.60. The van der Waals surface area contributed by atoms with Crippen molar-refractivity contribution >= 4 is 48.9 Å². The van der Waals surface area contributed by atoms with Crippen LogP contribution in [-0.4, -0.2) is 30.8 Å². The lowest BCUT2D eigenvalue weighted by Gasteiger charge is -2.08. The number of non-ortho nitro benzene ring substituents is 1. The molecular weight excluding hydrogens is 476 g/mol. The van der Waals surface area contributed by atoms with E-state index in [1.165, 1.54) is 5.56 Å². The largest absolute Gasteiger partial charge is 0.326 e. The fourth-order valence-electron chi connectivity index (χ4n) is 3.20. The molecule has 1 heterocycles. The Morgan fingerprint density at radius 3 is 2.44 bits per heavy atom. The zero-order valence-corrected chi connectivity index (χ0v) is 19.7. The highest BCUT2D eigenvalue weighted by Gasteiger charge is 2.16. The number of carbonyl (C=O) groups is 1. The molecule has 0 saturated heterocycles. The van der Waals surface area contributed by atoms with Crippen molar-refractivity contribution in [3.8, 4) is 10.6 Å². The van der Waals surface area contributed by atoms with E-state index in [1.54, 1.807) is 23.5 Å². The minimum atomic E-state index is -3.88. The molecule has 4 rings (SSSR count). The molecule has 0 bridgehead atoms. The van der Waals surface area contributed by atoms with Crippen LogP contribution in [0.1, 0.15) is 12.0 Å². The Morgan fingerprint density at radius 2 is 1.76 bits per heavy atom. The van der Waals surface area contributed by atoms with E-state index in [-0.39, 0.29) is 29.5 Å². The third kappa shape index (κ3) is 5.45. The zero-order valence-electron chi connectivity index (χ0n) is 18.0. The topological polar surface area (TPSA) is 131 Å². The van der Waals surface area contributed by atoms with E-state index in [2.05, 4.69) is 21.1 Å². The van der Waals surface area contributed by atoms with E-state index >= 15 is 0 Å². The maximum atomic E-state index is 12.3. The summed E-state index contributed by atoms with van der Waals surface area (Å²) in [6.07, 6.45) is -0.0782. The number of aryl methyl sites for hydroxylation is 1. The average Bonchev–Trinajstić information content (AvgIpc) is 3.22. The molecule has 4 aromatic rings. The van der Waals surface area contributed by atoms with Gasteiger partial charge in [-0.3, -0.25) is 14.9 Å². The van der Waals surface area contributed by atoms with E-state index in [4.69, 9.17) is 0 Å². The number of nitro benzene ring substituents is 1. The predicted molar refractivity (Wildman–Crippen MR) is 131 cm³/mol. The van der Waals surface area contributed by atoms with Crippen LogP contribution in [0, 0.1) is 17.0 Å². The van der Waals surface area contributed by atoms with Crippen molar-refractivity contribution in [3.63, 3.8) is 0 Å². The number of fused-ring (bicyclic) bond motifs is 1. The molecule has 0 aliphatic heterocycles. The summed E-state index contributed by atoms with van der Waals surface area (Å²) in [5.41, 5.74) is 3.44. The average molecular weight is 497 g/mol. The summed E-state index contributed by atoms with van der Waals surface area (Å²) in [5, 5.41) is 14.3. The van der Waals surface area contributed by atoms with Gasteiger partial charge in [-0.15, -0.1) is 11.3 Å². The second kappa shape index (κ2) is 9.67. The standard InChI is InChI=1S/C23H20N4O5S2/c1-15-2-11-20-21(14-15)33-23(26-20)16-3-5-17(6-4-16)25-22(28)12-13-24-34(31,32)19-9-7-18(8-10-19)27(29)30/h2-11,14,24H,12-13H2,1H3,(H,25,28). The summed E-state index contributed by atoms with van der Waals surface area (Å²) in [6, 6.07) is 17.9. The summed E-state index contributed by atoms with van der Waals surface area (Å²) in [4.78, 5) is 26.8. The Balaban J connectivity index is 1.31. The number of nitrogens with zero attached hydrogens (tertiary/aromatic N) is 2. The van der Waals surface area contributed by atoms with E-state index in [0.717, 1.165) is 45.1 Å². The smallest absolute Gasteiger partial charge is 0.269 e. The van der Waals surface area contributed by atoms with Gasteiger partial charge in [0.05, 0.1) is 20.0 Å². The van der Waals surface area contributed by atoms with Crippen molar-refractivity contribution in [1.82, 2.24) is 9.71 Å². The third-order valence-corrected chi connectivity index (χ3v) is 7.51. The van der Waals surface area contributed by atoms with E-state index in [0.29, 0.717) is 5.69 Å². The van der Waals surface area contributed by atoms with Gasteiger partial charge >= 0.3 is 0 Å². The fraction of sp³-hybridized carbons (Fsp3) is 0.130. The highest BCUT2D eigenvalue weighted by Crippen LogP contribution is 2.31. The molecule has 34 heavy (non-hydrogen) atoms. The molecule has 0 unspecified atom stereocenters. The Kier molecular flexibility index (Phi) is 6.68. The number of thiazole rings is 1. The van der Waals surface area contributed by atoms with Gasteiger partial charge in [0.2, 0.25) is 15.9 Å². The molecule has 0 aliphatic carbocycles. The minimum Gasteiger partial charge on any atom is -0.326 e. The van der Waals surface area contributed by atoms with Crippen LogP contribution in [-0.2, 0) is 14.8 Å². The number of amides is 1. The number of sulfonamides is 1. The molecule has 11 heteroatoms. The number of aromatic nitrogens is 1. The van der Waals surface area contributed by atoms with Gasteiger partial charge in [0.1, 0.15) is 5.01 Å². The van der Waals surface area contributed by atoms with E-state index in [1.807, 2.05) is 31.2 Å². The first kappa shape index (κ1) is 23.5. The summed E-state index contributed by atoms with van der Waals surface area (Å²) in [5.74, 6) is -0.352. The van der Waals surface area contributed by atoms with Gasteiger partial charge in [0.15, 0.2) is 0 Å². The van der Waals surface area contributed by atoms with Crippen LogP contribution in [0.4, 0.5) is 11.4 Å². The van der Waals surface area contributed by atoms with Gasteiger partial charge in [-0.05, 0) is 61.0 Å². The van der Waals surface area contributed by atoms with Crippen molar-refractivity contribution in [2.24, 2.45) is 0 Å². The van der Waals surface area contributed by atoms with E-state index < -0.39 is 14.9 Å². The van der Waals surface area contributed by atoms with Crippen molar-refractivity contribution in [2.45, 2.75) is 18.2 Å². The molecule has 1 amide bonds. The molecule has 0 spiro atoms.